The van der Waals surface area contributed by atoms with Crippen molar-refractivity contribution in [2.45, 2.75) is 19.6 Å². The summed E-state index contributed by atoms with van der Waals surface area (Å²) in [4.78, 5) is 25.0. The Bertz CT molecular complexity index is 1340. The topological polar surface area (TPSA) is 78.4 Å². The molecule has 0 bridgehead atoms. The number of nitrogens with one attached hydrogen (secondary N) is 1. The number of hydrogen-bond donors (Lipinski definition) is 2. The van der Waals surface area contributed by atoms with Crippen molar-refractivity contribution < 1.29 is 9.90 Å². The SMILES string of the molecule is Cc1ncc(-c2cccc(CO)c2)cc1C(=O)c1cccc(N2CCNC(c3ccccc3)C2)n1. The van der Waals surface area contributed by atoms with Crippen LogP contribution >= 0.6 is 0 Å². The lowest BCUT2D eigenvalue weighted by Gasteiger charge is -2.35. The maximum atomic E-state index is 13.5. The van der Waals surface area contributed by atoms with Gasteiger partial charge in [-0.2, -0.15) is 0 Å². The number of ketones is 1. The molecule has 6 nitrogen and oxygen atoms in total. The number of benzene rings is 2. The molecule has 4 aromatic rings. The third-order valence-electron chi connectivity index (χ3n) is 6.44. The molecule has 0 saturated carbocycles. The molecule has 2 N–H and O–H groups in total. The minimum atomic E-state index is -0.147. The molecule has 1 aliphatic heterocycles. The van der Waals surface area contributed by atoms with Gasteiger partial charge in [-0.1, -0.05) is 54.6 Å². The summed E-state index contributed by atoms with van der Waals surface area (Å²) in [5, 5.41) is 13.0. The highest BCUT2D eigenvalue weighted by atomic mass is 16.3. The lowest BCUT2D eigenvalue weighted by Crippen LogP contribution is -2.46. The van der Waals surface area contributed by atoms with Crippen LogP contribution in [0.15, 0.2) is 85.1 Å². The largest absolute Gasteiger partial charge is 0.392 e. The van der Waals surface area contributed by atoms with Crippen LogP contribution in [0.4, 0.5) is 5.82 Å². The van der Waals surface area contributed by atoms with Crippen LogP contribution in [0.25, 0.3) is 11.1 Å². The van der Waals surface area contributed by atoms with Crippen LogP contribution in [-0.2, 0) is 6.61 Å². The van der Waals surface area contributed by atoms with Crippen LogP contribution in [0.2, 0.25) is 0 Å². The van der Waals surface area contributed by atoms with Crippen molar-refractivity contribution in [2.75, 3.05) is 24.5 Å². The molecule has 35 heavy (non-hydrogen) atoms. The first-order chi connectivity index (χ1) is 17.1. The maximum absolute atomic E-state index is 13.5. The molecule has 0 amide bonds. The number of aliphatic hydroxyl groups is 1. The van der Waals surface area contributed by atoms with E-state index in [0.717, 1.165) is 42.1 Å². The van der Waals surface area contributed by atoms with E-state index in [1.165, 1.54) is 5.56 Å². The number of aromatic nitrogens is 2. The van der Waals surface area contributed by atoms with E-state index >= 15 is 0 Å². The van der Waals surface area contributed by atoms with Crippen LogP contribution in [0, 0.1) is 6.92 Å². The summed E-state index contributed by atoms with van der Waals surface area (Å²) in [6.07, 6.45) is 1.76. The third kappa shape index (κ3) is 4.99. The van der Waals surface area contributed by atoms with Gasteiger partial charge in [0.2, 0.25) is 5.78 Å². The Morgan fingerprint density at radius 1 is 1.03 bits per heavy atom. The molecular weight excluding hydrogens is 436 g/mol. The molecule has 1 aliphatic rings. The first-order valence-corrected chi connectivity index (χ1v) is 11.8. The zero-order valence-electron chi connectivity index (χ0n) is 19.7. The fourth-order valence-electron chi connectivity index (χ4n) is 4.50. The van der Waals surface area contributed by atoms with Gasteiger partial charge in [-0.25, -0.2) is 4.98 Å². The van der Waals surface area contributed by atoms with Crippen molar-refractivity contribution in [3.05, 3.63) is 113 Å². The summed E-state index contributed by atoms with van der Waals surface area (Å²) in [7, 11) is 0. The average Bonchev–Trinajstić information content (AvgIpc) is 2.93. The van der Waals surface area contributed by atoms with Gasteiger partial charge in [-0.15, -0.1) is 0 Å². The third-order valence-corrected chi connectivity index (χ3v) is 6.44. The lowest BCUT2D eigenvalue weighted by molar-refractivity contribution is 0.103. The summed E-state index contributed by atoms with van der Waals surface area (Å²) in [6.45, 7) is 4.26. The summed E-state index contributed by atoms with van der Waals surface area (Å²) in [5.41, 5.74) is 5.40. The number of piperazine rings is 1. The quantitative estimate of drug-likeness (QED) is 0.414. The highest BCUT2D eigenvalue weighted by Crippen LogP contribution is 2.25. The maximum Gasteiger partial charge on any atom is 0.213 e. The fraction of sp³-hybridized carbons (Fsp3) is 0.207. The van der Waals surface area contributed by atoms with E-state index in [0.29, 0.717) is 17.0 Å². The highest BCUT2D eigenvalue weighted by Gasteiger charge is 2.23. The molecule has 1 fully saturated rings. The predicted molar refractivity (Wildman–Crippen MR) is 137 cm³/mol. The normalized spacial score (nSPS) is 15.7. The smallest absolute Gasteiger partial charge is 0.213 e. The second-order valence-electron chi connectivity index (χ2n) is 8.79. The molecule has 1 unspecified atom stereocenters. The van der Waals surface area contributed by atoms with Crippen LogP contribution in [-0.4, -0.2) is 40.5 Å². The van der Waals surface area contributed by atoms with Crippen molar-refractivity contribution in [2.24, 2.45) is 0 Å². The van der Waals surface area contributed by atoms with Gasteiger partial charge in [0.25, 0.3) is 0 Å². The molecule has 5 rings (SSSR count). The number of carbonyl (C=O) groups excluding carboxylic acids is 1. The standard InChI is InChI=1S/C29H28N4O2/c1-20-25(16-24(17-31-20)23-10-5-7-21(15-23)19-34)29(35)26-11-6-12-28(32-26)33-14-13-30-27(18-33)22-8-3-2-4-9-22/h2-12,15-17,27,30,34H,13-14,18-19H2,1H3. The Kier molecular flexibility index (Phi) is 6.66. The Hall–Kier alpha value is -3.87. The van der Waals surface area contributed by atoms with E-state index in [-0.39, 0.29) is 18.4 Å². The number of hydrogen-bond acceptors (Lipinski definition) is 6. The molecule has 6 heteroatoms. The second kappa shape index (κ2) is 10.2. The van der Waals surface area contributed by atoms with Crippen molar-refractivity contribution in [1.29, 1.82) is 0 Å². The van der Waals surface area contributed by atoms with Crippen molar-refractivity contribution in [3.63, 3.8) is 0 Å². The monoisotopic (exact) mass is 464 g/mol. The van der Waals surface area contributed by atoms with Gasteiger partial charge in [0.1, 0.15) is 11.5 Å². The van der Waals surface area contributed by atoms with E-state index < -0.39 is 0 Å². The number of rotatable bonds is 6. The van der Waals surface area contributed by atoms with E-state index in [1.807, 2.05) is 55.5 Å². The predicted octanol–water partition coefficient (Wildman–Crippen LogP) is 4.33. The van der Waals surface area contributed by atoms with E-state index in [2.05, 4.69) is 39.5 Å². The Morgan fingerprint density at radius 2 is 1.86 bits per heavy atom. The van der Waals surface area contributed by atoms with Crippen LogP contribution in [0.1, 0.15) is 38.9 Å². The Labute approximate surface area is 205 Å². The van der Waals surface area contributed by atoms with E-state index in [9.17, 15) is 9.90 Å². The number of carbonyl (C=O) groups is 1. The van der Waals surface area contributed by atoms with Gasteiger partial charge in [0.05, 0.1) is 6.61 Å². The minimum Gasteiger partial charge on any atom is -0.392 e. The van der Waals surface area contributed by atoms with Crippen LogP contribution in [0.3, 0.4) is 0 Å². The zero-order valence-corrected chi connectivity index (χ0v) is 19.7. The molecule has 1 atom stereocenters. The first-order valence-electron chi connectivity index (χ1n) is 11.8. The molecule has 0 spiro atoms. The van der Waals surface area contributed by atoms with E-state index in [4.69, 9.17) is 4.98 Å². The van der Waals surface area contributed by atoms with Crippen LogP contribution < -0.4 is 10.2 Å². The number of pyridine rings is 2. The zero-order chi connectivity index (χ0) is 24.2. The van der Waals surface area contributed by atoms with Gasteiger partial charge in [-0.3, -0.25) is 9.78 Å². The number of nitrogens with zero attached hydrogens (tertiary/aromatic N) is 3. The van der Waals surface area contributed by atoms with Crippen molar-refractivity contribution in [1.82, 2.24) is 15.3 Å². The number of aryl methyl sites for hydroxylation is 1. The van der Waals surface area contributed by atoms with Gasteiger partial charge in [-0.05, 0) is 47.9 Å². The fourth-order valence-corrected chi connectivity index (χ4v) is 4.50. The molecule has 3 heterocycles. The van der Waals surface area contributed by atoms with Gasteiger partial charge >= 0.3 is 0 Å². The summed E-state index contributed by atoms with van der Waals surface area (Å²) in [5.74, 6) is 0.655. The summed E-state index contributed by atoms with van der Waals surface area (Å²) >= 11 is 0. The molecule has 2 aromatic carbocycles. The first kappa shape index (κ1) is 22.9. The van der Waals surface area contributed by atoms with Gasteiger partial charge in [0, 0.05) is 48.7 Å². The molecular formula is C29H28N4O2. The highest BCUT2D eigenvalue weighted by molar-refractivity contribution is 6.09. The number of anilines is 1. The van der Waals surface area contributed by atoms with Crippen molar-refractivity contribution in [3.8, 4) is 11.1 Å². The van der Waals surface area contributed by atoms with E-state index in [1.54, 1.807) is 12.3 Å². The van der Waals surface area contributed by atoms with Gasteiger partial charge in [0.15, 0.2) is 0 Å². The second-order valence-corrected chi connectivity index (χ2v) is 8.79. The van der Waals surface area contributed by atoms with Crippen LogP contribution in [0.5, 0.6) is 0 Å². The summed E-state index contributed by atoms with van der Waals surface area (Å²) in [6, 6.07) is 25.7. The van der Waals surface area contributed by atoms with Gasteiger partial charge < -0.3 is 15.3 Å². The minimum absolute atomic E-state index is 0.0349. The van der Waals surface area contributed by atoms with Crippen molar-refractivity contribution >= 4 is 11.6 Å². The average molecular weight is 465 g/mol. The number of aliphatic hydroxyl groups excluding tert-OH is 1. The summed E-state index contributed by atoms with van der Waals surface area (Å²) < 4.78 is 0. The molecule has 176 valence electrons. The molecule has 2 aromatic heterocycles. The molecule has 0 radical (unpaired) electrons. The molecule has 0 aliphatic carbocycles. The lowest BCUT2D eigenvalue weighted by atomic mass is 9.99. The Balaban J connectivity index is 1.41. The Morgan fingerprint density at radius 3 is 2.69 bits per heavy atom. The molecule has 1 saturated heterocycles.